The third-order valence-corrected chi connectivity index (χ3v) is 3.70. The largest absolute Gasteiger partial charge is 0.283 e. The number of hydrogen-bond donors (Lipinski definition) is 1. The second-order valence-electron chi connectivity index (χ2n) is 5.21. The molecule has 2 aromatic carbocycles. The molecule has 0 saturated carbocycles. The third kappa shape index (κ3) is 5.30. The Hall–Kier alpha value is -1.62. The molecule has 0 aliphatic carbocycles. The number of hydrogen-bond acceptors (Lipinski definition) is 2. The van der Waals surface area contributed by atoms with E-state index in [0.29, 0.717) is 3.92 Å². The maximum Gasteiger partial charge on any atom is 0.0977 e. The van der Waals surface area contributed by atoms with Crippen molar-refractivity contribution < 1.29 is 0 Å². The summed E-state index contributed by atoms with van der Waals surface area (Å²) in [6.45, 7) is 4.25. The first-order valence-electron chi connectivity index (χ1n) is 7.42. The minimum atomic E-state index is 0.626. The maximum absolute atomic E-state index is 4.64. The van der Waals surface area contributed by atoms with E-state index in [1.54, 1.807) is 0 Å². The Bertz CT molecular complexity index is 589. The highest BCUT2D eigenvalue weighted by molar-refractivity contribution is 14.1. The number of nitrogens with zero attached hydrogens (tertiary/aromatic N) is 1. The van der Waals surface area contributed by atoms with Crippen LogP contribution in [0.25, 0.3) is 0 Å². The molecule has 0 amide bonds. The van der Waals surface area contributed by atoms with Crippen LogP contribution in [0, 0.1) is 0 Å². The van der Waals surface area contributed by atoms with E-state index < -0.39 is 0 Å². The molecule has 2 aromatic rings. The molecular formula is C19H21IN2. The highest BCUT2D eigenvalue weighted by atomic mass is 127. The molecule has 3 heteroatoms. The first-order valence-corrected chi connectivity index (χ1v) is 8.66. The van der Waals surface area contributed by atoms with Gasteiger partial charge in [-0.1, -0.05) is 96.3 Å². The number of rotatable bonds is 6. The van der Waals surface area contributed by atoms with Gasteiger partial charge in [0.1, 0.15) is 0 Å². The van der Waals surface area contributed by atoms with Gasteiger partial charge < -0.3 is 0 Å². The van der Waals surface area contributed by atoms with Crippen molar-refractivity contribution in [1.82, 2.24) is 5.43 Å². The highest BCUT2D eigenvalue weighted by Crippen LogP contribution is 2.11. The van der Waals surface area contributed by atoms with Crippen molar-refractivity contribution >= 4 is 28.3 Å². The minimum absolute atomic E-state index is 0.626. The van der Waals surface area contributed by atoms with Crippen LogP contribution in [0.2, 0.25) is 0 Å². The van der Waals surface area contributed by atoms with Crippen molar-refractivity contribution in [2.24, 2.45) is 5.10 Å². The topological polar surface area (TPSA) is 24.4 Å². The Morgan fingerprint density at radius 1 is 1.05 bits per heavy atom. The van der Waals surface area contributed by atoms with E-state index in [1.165, 1.54) is 0 Å². The summed E-state index contributed by atoms with van der Waals surface area (Å²) in [4.78, 5) is 0. The van der Waals surface area contributed by atoms with Crippen LogP contribution < -0.4 is 5.43 Å². The van der Waals surface area contributed by atoms with Crippen molar-refractivity contribution in [2.75, 3.05) is 0 Å². The molecule has 0 unspecified atom stereocenters. The predicted octanol–water partition coefficient (Wildman–Crippen LogP) is 5.15. The average Bonchev–Trinajstić information content (AvgIpc) is 2.55. The standard InChI is InChI=1S/C19H21IN2/c1-15(20)13-14-16(2)21-22-19(17-9-5-3-6-10-17)18-11-7-4-8-12-18/h3-12,14-15,21H,13H2,1-2H3/b16-14+/t15-/m1/s1. The molecule has 22 heavy (non-hydrogen) atoms. The van der Waals surface area contributed by atoms with Gasteiger partial charge in [-0.2, -0.15) is 5.10 Å². The molecule has 0 fully saturated rings. The van der Waals surface area contributed by atoms with Crippen molar-refractivity contribution in [1.29, 1.82) is 0 Å². The Morgan fingerprint density at radius 3 is 2.00 bits per heavy atom. The Labute approximate surface area is 146 Å². The van der Waals surface area contributed by atoms with Gasteiger partial charge in [-0.3, -0.25) is 5.43 Å². The molecule has 0 radical (unpaired) electrons. The monoisotopic (exact) mass is 404 g/mol. The quantitative estimate of drug-likeness (QED) is 0.306. The van der Waals surface area contributed by atoms with Crippen molar-refractivity contribution in [3.8, 4) is 0 Å². The minimum Gasteiger partial charge on any atom is -0.283 e. The van der Waals surface area contributed by atoms with Crippen LogP contribution in [0.15, 0.2) is 77.5 Å². The van der Waals surface area contributed by atoms with E-state index >= 15 is 0 Å². The number of nitrogens with one attached hydrogen (secondary N) is 1. The van der Waals surface area contributed by atoms with Crippen LogP contribution in [0.1, 0.15) is 31.4 Å². The Balaban J connectivity index is 2.26. The fourth-order valence-electron chi connectivity index (χ4n) is 2.02. The molecule has 1 atom stereocenters. The first-order chi connectivity index (χ1) is 10.7. The molecule has 114 valence electrons. The molecule has 0 saturated heterocycles. The van der Waals surface area contributed by atoms with Gasteiger partial charge in [0.05, 0.1) is 5.71 Å². The van der Waals surface area contributed by atoms with Crippen LogP contribution in [0.4, 0.5) is 0 Å². The zero-order valence-corrected chi connectivity index (χ0v) is 15.1. The number of hydrazone groups is 1. The second kappa shape index (κ2) is 8.73. The smallest absolute Gasteiger partial charge is 0.0977 e. The normalized spacial score (nSPS) is 12.6. The van der Waals surface area contributed by atoms with Crippen molar-refractivity contribution in [2.45, 2.75) is 24.2 Å². The van der Waals surface area contributed by atoms with Crippen molar-refractivity contribution in [3.05, 3.63) is 83.6 Å². The molecule has 0 heterocycles. The van der Waals surface area contributed by atoms with Crippen LogP contribution in [-0.4, -0.2) is 9.64 Å². The second-order valence-corrected chi connectivity index (χ2v) is 7.33. The van der Waals surface area contributed by atoms with Gasteiger partial charge in [0.25, 0.3) is 0 Å². The lowest BCUT2D eigenvalue weighted by Crippen LogP contribution is -2.11. The van der Waals surface area contributed by atoms with Gasteiger partial charge in [-0.05, 0) is 13.3 Å². The van der Waals surface area contributed by atoms with E-state index in [2.05, 4.69) is 77.3 Å². The molecule has 1 N–H and O–H groups in total. The van der Waals surface area contributed by atoms with E-state index in [1.807, 2.05) is 36.4 Å². The van der Waals surface area contributed by atoms with Gasteiger partial charge in [0.15, 0.2) is 0 Å². The number of alkyl halides is 1. The molecule has 0 aliphatic rings. The zero-order chi connectivity index (χ0) is 15.8. The van der Waals surface area contributed by atoms with Crippen LogP contribution >= 0.6 is 22.6 Å². The summed E-state index contributed by atoms with van der Waals surface area (Å²) in [5, 5.41) is 4.64. The van der Waals surface area contributed by atoms with Gasteiger partial charge in [0.2, 0.25) is 0 Å². The molecule has 2 rings (SSSR count). The zero-order valence-electron chi connectivity index (χ0n) is 13.0. The number of allylic oxidation sites excluding steroid dienone is 2. The Kier molecular flexibility index (Phi) is 6.65. The Morgan fingerprint density at radius 2 is 1.55 bits per heavy atom. The first kappa shape index (κ1) is 16.7. The van der Waals surface area contributed by atoms with Gasteiger partial charge in [-0.15, -0.1) is 0 Å². The van der Waals surface area contributed by atoms with Gasteiger partial charge >= 0.3 is 0 Å². The fourth-order valence-corrected chi connectivity index (χ4v) is 2.27. The van der Waals surface area contributed by atoms with Gasteiger partial charge in [0, 0.05) is 20.7 Å². The van der Waals surface area contributed by atoms with Crippen LogP contribution in [0.3, 0.4) is 0 Å². The van der Waals surface area contributed by atoms with E-state index in [9.17, 15) is 0 Å². The highest BCUT2D eigenvalue weighted by Gasteiger charge is 2.06. The summed E-state index contributed by atoms with van der Waals surface area (Å²) in [5.74, 6) is 0. The number of benzene rings is 2. The summed E-state index contributed by atoms with van der Waals surface area (Å²) < 4.78 is 0.626. The predicted molar refractivity (Wildman–Crippen MR) is 104 cm³/mol. The summed E-state index contributed by atoms with van der Waals surface area (Å²) in [5.41, 5.74) is 7.43. The average molecular weight is 404 g/mol. The van der Waals surface area contributed by atoms with Crippen molar-refractivity contribution in [3.63, 3.8) is 0 Å². The summed E-state index contributed by atoms with van der Waals surface area (Å²) in [6.07, 6.45) is 3.23. The van der Waals surface area contributed by atoms with Crippen LogP contribution in [-0.2, 0) is 0 Å². The lowest BCUT2D eigenvalue weighted by molar-refractivity contribution is 0.865. The van der Waals surface area contributed by atoms with E-state index in [4.69, 9.17) is 0 Å². The summed E-state index contributed by atoms with van der Waals surface area (Å²) in [6, 6.07) is 20.5. The lowest BCUT2D eigenvalue weighted by Gasteiger charge is -2.09. The van der Waals surface area contributed by atoms with E-state index in [0.717, 1.165) is 29.0 Å². The summed E-state index contributed by atoms with van der Waals surface area (Å²) in [7, 11) is 0. The molecule has 2 nitrogen and oxygen atoms in total. The third-order valence-electron chi connectivity index (χ3n) is 3.19. The molecule has 0 aromatic heterocycles. The molecule has 0 aliphatic heterocycles. The fraction of sp³-hybridized carbons (Fsp3) is 0.211. The number of halogens is 1. The molecule has 0 bridgehead atoms. The lowest BCUT2D eigenvalue weighted by atomic mass is 10.0. The van der Waals surface area contributed by atoms with Gasteiger partial charge in [-0.25, -0.2) is 0 Å². The maximum atomic E-state index is 4.64. The van der Waals surface area contributed by atoms with E-state index in [-0.39, 0.29) is 0 Å². The SMILES string of the molecule is C/C(=C\C[C@@H](C)I)NN=C(c1ccccc1)c1ccccc1. The molecular weight excluding hydrogens is 383 g/mol. The molecule has 0 spiro atoms. The van der Waals surface area contributed by atoms with Crippen LogP contribution in [0.5, 0.6) is 0 Å². The summed E-state index contributed by atoms with van der Waals surface area (Å²) >= 11 is 2.43.